The van der Waals surface area contributed by atoms with Gasteiger partial charge in [-0.25, -0.2) is 25.3 Å². The van der Waals surface area contributed by atoms with Crippen LogP contribution in [0.3, 0.4) is 0 Å². The number of hydrogen-bond acceptors (Lipinski definition) is 6. The average molecular weight is 342 g/mol. The summed E-state index contributed by atoms with van der Waals surface area (Å²) in [4.78, 5) is 0. The van der Waals surface area contributed by atoms with Crippen LogP contribution in [0.1, 0.15) is 0 Å². The first-order valence-electron chi connectivity index (χ1n) is 5.09. The van der Waals surface area contributed by atoms with E-state index in [0.29, 0.717) is 0 Å². The number of sulfonamides is 3. The second kappa shape index (κ2) is 5.22. The van der Waals surface area contributed by atoms with Crippen molar-refractivity contribution in [1.29, 1.82) is 0 Å². The zero-order valence-corrected chi connectivity index (χ0v) is 13.4. The van der Waals surface area contributed by atoms with Crippen molar-refractivity contribution in [3.63, 3.8) is 0 Å². The van der Waals surface area contributed by atoms with E-state index in [9.17, 15) is 25.3 Å². The minimum absolute atomic E-state index is 0.103. The van der Waals surface area contributed by atoms with Gasteiger partial charge in [-0.05, 0) is 24.3 Å². The lowest BCUT2D eigenvalue weighted by Gasteiger charge is -2.19. The largest absolute Gasteiger partial charge is 0.284 e. The Labute approximate surface area is 118 Å². The number of nitrogens with one attached hydrogen (secondary N) is 1. The highest BCUT2D eigenvalue weighted by Crippen LogP contribution is 2.23. The molecule has 1 aromatic carbocycles. The number of rotatable bonds is 5. The van der Waals surface area contributed by atoms with E-state index in [4.69, 9.17) is 0 Å². The molecule has 20 heavy (non-hydrogen) atoms. The van der Waals surface area contributed by atoms with Gasteiger partial charge >= 0.3 is 0 Å². The van der Waals surface area contributed by atoms with Gasteiger partial charge in [0.15, 0.2) is 0 Å². The third-order valence-corrected chi connectivity index (χ3v) is 5.84. The van der Waals surface area contributed by atoms with Gasteiger partial charge in [-0.2, -0.15) is 3.71 Å². The van der Waals surface area contributed by atoms with E-state index in [1.807, 2.05) is 0 Å². The summed E-state index contributed by atoms with van der Waals surface area (Å²) >= 11 is 0. The maximum absolute atomic E-state index is 11.5. The summed E-state index contributed by atoms with van der Waals surface area (Å²) in [5, 5.41) is 0. The summed E-state index contributed by atoms with van der Waals surface area (Å²) in [6.45, 7) is 0. The zero-order valence-electron chi connectivity index (χ0n) is 10.9. The predicted octanol–water partition coefficient (Wildman–Crippen LogP) is -0.216. The molecular weight excluding hydrogens is 328 g/mol. The van der Waals surface area contributed by atoms with Gasteiger partial charge in [-0.15, -0.1) is 0 Å². The average Bonchev–Trinajstić information content (AvgIpc) is 2.14. The number of benzene rings is 1. The first-order valence-corrected chi connectivity index (χ1v) is 10.7. The summed E-state index contributed by atoms with van der Waals surface area (Å²) in [6.07, 6.45) is 2.48. The molecule has 1 aromatic rings. The maximum Gasteiger partial charge on any atom is 0.245 e. The van der Waals surface area contributed by atoms with Crippen molar-refractivity contribution in [2.24, 2.45) is 0 Å². The molecule has 114 valence electrons. The SMILES string of the molecule is CS(=O)(=O)Nc1ccc(N(S(C)(=O)=O)S(C)(=O)=O)cc1. The van der Waals surface area contributed by atoms with Crippen LogP contribution in [0.15, 0.2) is 24.3 Å². The van der Waals surface area contributed by atoms with Gasteiger partial charge in [0.05, 0.1) is 24.5 Å². The molecule has 0 aliphatic heterocycles. The van der Waals surface area contributed by atoms with Crippen LogP contribution in [-0.4, -0.2) is 44.0 Å². The summed E-state index contributed by atoms with van der Waals surface area (Å²) in [6, 6.07) is 4.91. The van der Waals surface area contributed by atoms with Gasteiger partial charge in [0.1, 0.15) is 0 Å². The third kappa shape index (κ3) is 4.65. The van der Waals surface area contributed by atoms with E-state index in [-0.39, 0.29) is 15.1 Å². The van der Waals surface area contributed by atoms with Crippen LogP contribution in [0.25, 0.3) is 0 Å². The molecule has 1 N–H and O–H groups in total. The Kier molecular flexibility index (Phi) is 4.36. The fourth-order valence-corrected chi connectivity index (χ4v) is 5.04. The monoisotopic (exact) mass is 342 g/mol. The fourth-order valence-electron chi connectivity index (χ4n) is 1.49. The molecule has 1 rings (SSSR count). The molecule has 11 heteroatoms. The highest BCUT2D eigenvalue weighted by molar-refractivity contribution is 8.09. The molecule has 0 amide bonds. The second-order valence-electron chi connectivity index (χ2n) is 4.14. The Morgan fingerprint density at radius 3 is 1.50 bits per heavy atom. The number of hydrogen-bond donors (Lipinski definition) is 1. The van der Waals surface area contributed by atoms with Crippen molar-refractivity contribution in [3.8, 4) is 0 Å². The topological polar surface area (TPSA) is 118 Å². The Morgan fingerprint density at radius 1 is 0.800 bits per heavy atom. The van der Waals surface area contributed by atoms with E-state index in [0.717, 1.165) is 18.8 Å². The van der Waals surface area contributed by atoms with Crippen molar-refractivity contribution < 1.29 is 25.3 Å². The van der Waals surface area contributed by atoms with Gasteiger partial charge < -0.3 is 0 Å². The van der Waals surface area contributed by atoms with E-state index >= 15 is 0 Å². The van der Waals surface area contributed by atoms with E-state index < -0.39 is 30.1 Å². The van der Waals surface area contributed by atoms with Gasteiger partial charge in [-0.1, -0.05) is 0 Å². The van der Waals surface area contributed by atoms with Gasteiger partial charge in [-0.3, -0.25) is 4.72 Å². The molecule has 0 saturated carbocycles. The minimum Gasteiger partial charge on any atom is -0.284 e. The molecule has 0 heterocycles. The van der Waals surface area contributed by atoms with Gasteiger partial charge in [0, 0.05) is 5.69 Å². The minimum atomic E-state index is -4.02. The molecule has 0 bridgehead atoms. The molecule has 0 spiro atoms. The van der Waals surface area contributed by atoms with Crippen LogP contribution in [-0.2, 0) is 30.1 Å². The van der Waals surface area contributed by atoms with Crippen molar-refractivity contribution in [2.45, 2.75) is 0 Å². The molecular formula is C9H14N2O6S3. The normalized spacial score (nSPS) is 12.9. The lowest BCUT2D eigenvalue weighted by molar-refractivity contribution is 0.590. The first-order chi connectivity index (χ1) is 8.81. The zero-order chi connectivity index (χ0) is 15.8. The standard InChI is InChI=1S/C9H14N2O6S3/c1-18(12,13)10-8-4-6-9(7-5-8)11(19(2,14)15)20(3,16)17/h4-7,10H,1-3H3. The smallest absolute Gasteiger partial charge is 0.245 e. The molecule has 0 aliphatic carbocycles. The molecule has 8 nitrogen and oxygen atoms in total. The second-order valence-corrected chi connectivity index (χ2v) is 9.79. The number of nitrogens with zero attached hydrogens (tertiary/aromatic N) is 1. The molecule has 0 aliphatic rings. The highest BCUT2D eigenvalue weighted by atomic mass is 32.3. The highest BCUT2D eigenvalue weighted by Gasteiger charge is 2.27. The van der Waals surface area contributed by atoms with Crippen molar-refractivity contribution in [3.05, 3.63) is 24.3 Å². The van der Waals surface area contributed by atoms with Crippen LogP contribution in [0.4, 0.5) is 11.4 Å². The van der Waals surface area contributed by atoms with Crippen LogP contribution < -0.4 is 8.43 Å². The predicted molar refractivity (Wildman–Crippen MR) is 77.1 cm³/mol. The summed E-state index contributed by atoms with van der Waals surface area (Å²) in [7, 11) is -11.5. The Balaban J connectivity index is 3.27. The Morgan fingerprint density at radius 2 is 1.20 bits per heavy atom. The van der Waals surface area contributed by atoms with Crippen LogP contribution >= 0.6 is 0 Å². The summed E-state index contributed by atoms with van der Waals surface area (Å²) in [5.41, 5.74) is 0.0900. The maximum atomic E-state index is 11.5. The van der Waals surface area contributed by atoms with E-state index in [1.54, 1.807) is 0 Å². The molecule has 0 radical (unpaired) electrons. The number of anilines is 2. The van der Waals surface area contributed by atoms with Crippen molar-refractivity contribution in [2.75, 3.05) is 27.2 Å². The van der Waals surface area contributed by atoms with E-state index in [1.165, 1.54) is 24.3 Å². The Hall–Kier alpha value is -1.33. The lowest BCUT2D eigenvalue weighted by Crippen LogP contribution is -2.35. The van der Waals surface area contributed by atoms with Crippen molar-refractivity contribution in [1.82, 2.24) is 0 Å². The quantitative estimate of drug-likeness (QED) is 0.790. The first kappa shape index (κ1) is 16.7. The molecule has 0 fully saturated rings. The van der Waals surface area contributed by atoms with Gasteiger partial charge in [0.25, 0.3) is 0 Å². The van der Waals surface area contributed by atoms with Crippen LogP contribution in [0.2, 0.25) is 0 Å². The fraction of sp³-hybridized carbons (Fsp3) is 0.333. The van der Waals surface area contributed by atoms with E-state index in [2.05, 4.69) is 4.72 Å². The van der Waals surface area contributed by atoms with Gasteiger partial charge in [0.2, 0.25) is 30.1 Å². The lowest BCUT2D eigenvalue weighted by atomic mass is 10.3. The summed E-state index contributed by atoms with van der Waals surface area (Å²) < 4.78 is 70.6. The molecule has 0 unspecified atom stereocenters. The molecule has 0 aromatic heterocycles. The molecule has 0 saturated heterocycles. The van der Waals surface area contributed by atoms with Crippen molar-refractivity contribution >= 4 is 41.4 Å². The summed E-state index contributed by atoms with van der Waals surface area (Å²) in [5.74, 6) is 0. The molecule has 0 atom stereocenters. The third-order valence-electron chi connectivity index (χ3n) is 1.98. The Bertz CT molecular complexity index is 762. The van der Waals surface area contributed by atoms with Crippen LogP contribution in [0, 0.1) is 0 Å². The van der Waals surface area contributed by atoms with Crippen LogP contribution in [0.5, 0.6) is 0 Å².